The molecule has 0 spiro atoms. The minimum absolute atomic E-state index is 0.156. The fraction of sp³-hybridized carbons (Fsp3) is 0.474. The van der Waals surface area contributed by atoms with Gasteiger partial charge in [-0.05, 0) is 24.8 Å². The molecular formula is C19H24N4O. The topological polar surface area (TPSA) is 43.2 Å². The van der Waals surface area contributed by atoms with Crippen LogP contribution in [0.1, 0.15) is 36.7 Å². The van der Waals surface area contributed by atoms with E-state index in [-0.39, 0.29) is 6.04 Å². The first-order valence-electron chi connectivity index (χ1n) is 8.83. The number of benzene rings is 1. The van der Waals surface area contributed by atoms with E-state index in [0.717, 1.165) is 25.5 Å². The van der Waals surface area contributed by atoms with Crippen molar-refractivity contribution >= 4 is 0 Å². The summed E-state index contributed by atoms with van der Waals surface area (Å²) in [6, 6.07) is 11.0. The van der Waals surface area contributed by atoms with Gasteiger partial charge in [-0.1, -0.05) is 42.5 Å². The van der Waals surface area contributed by atoms with Crippen molar-refractivity contribution in [3.8, 4) is 0 Å². The van der Waals surface area contributed by atoms with Gasteiger partial charge in [-0.2, -0.15) is 5.10 Å². The minimum atomic E-state index is 0.156. The van der Waals surface area contributed by atoms with Crippen LogP contribution in [0.5, 0.6) is 0 Å². The molecule has 126 valence electrons. The second kappa shape index (κ2) is 7.28. The normalized spacial score (nSPS) is 25.0. The molecule has 2 heterocycles. The molecular weight excluding hydrogens is 300 g/mol. The van der Waals surface area contributed by atoms with E-state index in [1.807, 2.05) is 17.1 Å². The molecule has 2 atom stereocenters. The summed E-state index contributed by atoms with van der Waals surface area (Å²) in [5.74, 6) is 0.879. The van der Waals surface area contributed by atoms with Crippen LogP contribution in [0, 0.1) is 0 Å². The predicted molar refractivity (Wildman–Crippen MR) is 92.6 cm³/mol. The van der Waals surface area contributed by atoms with Crippen molar-refractivity contribution in [1.82, 2.24) is 19.7 Å². The Balaban J connectivity index is 1.51. The summed E-state index contributed by atoms with van der Waals surface area (Å²) in [6.07, 6.45) is 10.2. The van der Waals surface area contributed by atoms with Gasteiger partial charge in [-0.15, -0.1) is 0 Å². The van der Waals surface area contributed by atoms with Crippen molar-refractivity contribution in [2.24, 2.45) is 0 Å². The molecule has 1 aliphatic heterocycles. The van der Waals surface area contributed by atoms with E-state index in [9.17, 15) is 0 Å². The van der Waals surface area contributed by atoms with Crippen molar-refractivity contribution in [1.29, 1.82) is 0 Å². The summed E-state index contributed by atoms with van der Waals surface area (Å²) < 4.78 is 7.65. The van der Waals surface area contributed by atoms with E-state index in [2.05, 4.69) is 46.3 Å². The minimum Gasteiger partial charge on any atom is -0.378 e. The first-order chi connectivity index (χ1) is 11.9. The molecule has 24 heavy (non-hydrogen) atoms. The molecule has 2 aliphatic rings. The van der Waals surface area contributed by atoms with Gasteiger partial charge in [-0.25, -0.2) is 9.67 Å². The second-order valence-corrected chi connectivity index (χ2v) is 6.54. The number of aromatic nitrogens is 3. The van der Waals surface area contributed by atoms with Crippen LogP contribution in [0.15, 0.2) is 48.8 Å². The predicted octanol–water partition coefficient (Wildman–Crippen LogP) is 2.81. The Morgan fingerprint density at radius 3 is 2.96 bits per heavy atom. The molecule has 0 saturated carbocycles. The van der Waals surface area contributed by atoms with Crippen molar-refractivity contribution in [3.63, 3.8) is 0 Å². The monoisotopic (exact) mass is 324 g/mol. The quantitative estimate of drug-likeness (QED) is 0.811. The fourth-order valence-corrected chi connectivity index (χ4v) is 3.62. The largest absolute Gasteiger partial charge is 0.378 e. The molecule has 4 rings (SSSR count). The number of hydrogen-bond acceptors (Lipinski definition) is 4. The van der Waals surface area contributed by atoms with Gasteiger partial charge >= 0.3 is 0 Å². The van der Waals surface area contributed by atoms with Crippen LogP contribution in [0.25, 0.3) is 0 Å². The highest BCUT2D eigenvalue weighted by molar-refractivity contribution is 5.14. The molecule has 2 aromatic rings. The average Bonchev–Trinajstić information content (AvgIpc) is 3.12. The maximum atomic E-state index is 5.73. The molecule has 0 unspecified atom stereocenters. The summed E-state index contributed by atoms with van der Waals surface area (Å²) in [4.78, 5) is 7.10. The third-order valence-corrected chi connectivity index (χ3v) is 4.86. The Kier molecular flexibility index (Phi) is 4.71. The number of ether oxygens (including phenoxy) is 1. The lowest BCUT2D eigenvalue weighted by Gasteiger charge is -2.39. The molecule has 1 fully saturated rings. The van der Waals surface area contributed by atoms with Crippen molar-refractivity contribution < 1.29 is 4.74 Å². The maximum Gasteiger partial charge on any atom is 0.170 e. The summed E-state index contributed by atoms with van der Waals surface area (Å²) >= 11 is 0. The van der Waals surface area contributed by atoms with Crippen molar-refractivity contribution in [2.45, 2.75) is 37.9 Å². The number of morpholine rings is 1. The van der Waals surface area contributed by atoms with Crippen molar-refractivity contribution in [3.05, 3.63) is 60.2 Å². The van der Waals surface area contributed by atoms with Gasteiger partial charge in [-0.3, -0.25) is 4.90 Å². The van der Waals surface area contributed by atoms with Crippen molar-refractivity contribution in [2.75, 3.05) is 19.8 Å². The molecule has 1 saturated heterocycles. The Morgan fingerprint density at radius 1 is 1.21 bits per heavy atom. The first kappa shape index (κ1) is 15.5. The molecule has 5 heteroatoms. The summed E-state index contributed by atoms with van der Waals surface area (Å²) in [7, 11) is 0. The van der Waals surface area contributed by atoms with Crippen LogP contribution in [-0.2, 0) is 11.3 Å². The third kappa shape index (κ3) is 3.42. The zero-order chi connectivity index (χ0) is 16.2. The highest BCUT2D eigenvalue weighted by Crippen LogP contribution is 2.28. The van der Waals surface area contributed by atoms with Crippen LogP contribution in [-0.4, -0.2) is 45.5 Å². The molecule has 0 N–H and O–H groups in total. The smallest absolute Gasteiger partial charge is 0.170 e. The maximum absolute atomic E-state index is 5.73. The molecule has 1 aliphatic carbocycles. The third-order valence-electron chi connectivity index (χ3n) is 4.86. The van der Waals surface area contributed by atoms with Crippen LogP contribution in [0.2, 0.25) is 0 Å². The van der Waals surface area contributed by atoms with E-state index in [4.69, 9.17) is 9.84 Å². The Bertz CT molecular complexity index is 682. The Labute approximate surface area is 143 Å². The van der Waals surface area contributed by atoms with Gasteiger partial charge in [0, 0.05) is 12.6 Å². The highest BCUT2D eigenvalue weighted by Gasteiger charge is 2.32. The van der Waals surface area contributed by atoms with Gasteiger partial charge in [0.15, 0.2) is 5.82 Å². The molecule has 0 bridgehead atoms. The first-order valence-corrected chi connectivity index (χ1v) is 8.83. The second-order valence-electron chi connectivity index (χ2n) is 6.54. The SMILES string of the molecule is C1=C[C@H](N2CCOC[C@H]2c2ncn(Cc3ccccc3)n2)CCC1. The van der Waals surface area contributed by atoms with E-state index >= 15 is 0 Å². The zero-order valence-corrected chi connectivity index (χ0v) is 13.9. The summed E-state index contributed by atoms with van der Waals surface area (Å²) in [6.45, 7) is 3.18. The average molecular weight is 324 g/mol. The zero-order valence-electron chi connectivity index (χ0n) is 13.9. The van der Waals surface area contributed by atoms with E-state index in [1.54, 1.807) is 0 Å². The van der Waals surface area contributed by atoms with Gasteiger partial charge in [0.05, 0.1) is 25.8 Å². The standard InChI is InChI=1S/C19H24N4O/c1-3-7-16(8-4-1)13-22-15-20-19(21-22)18-14-24-12-11-23(18)17-9-5-2-6-10-17/h1,3-5,7-9,15,17-18H,2,6,10-14H2/t17-,18-/m0/s1. The van der Waals surface area contributed by atoms with Crippen LogP contribution >= 0.6 is 0 Å². The van der Waals surface area contributed by atoms with Crippen LogP contribution in [0.3, 0.4) is 0 Å². The van der Waals surface area contributed by atoms with Crippen LogP contribution < -0.4 is 0 Å². The fourth-order valence-electron chi connectivity index (χ4n) is 3.62. The highest BCUT2D eigenvalue weighted by atomic mass is 16.5. The molecule has 5 nitrogen and oxygen atoms in total. The summed E-state index contributed by atoms with van der Waals surface area (Å²) in [5, 5.41) is 4.73. The van der Waals surface area contributed by atoms with E-state index in [0.29, 0.717) is 12.6 Å². The molecule has 0 amide bonds. The van der Waals surface area contributed by atoms with Gasteiger partial charge in [0.1, 0.15) is 6.33 Å². The number of rotatable bonds is 4. The number of nitrogens with zero attached hydrogens (tertiary/aromatic N) is 4. The number of allylic oxidation sites excluding steroid dienone is 1. The Morgan fingerprint density at radius 2 is 2.12 bits per heavy atom. The Hall–Kier alpha value is -1.98. The molecule has 1 aromatic carbocycles. The van der Waals surface area contributed by atoms with Crippen LogP contribution in [0.4, 0.5) is 0 Å². The van der Waals surface area contributed by atoms with Gasteiger partial charge in [0.25, 0.3) is 0 Å². The summed E-state index contributed by atoms with van der Waals surface area (Å²) in [5.41, 5.74) is 1.24. The van der Waals surface area contributed by atoms with Gasteiger partial charge in [0.2, 0.25) is 0 Å². The van der Waals surface area contributed by atoms with E-state index in [1.165, 1.54) is 24.8 Å². The lowest BCUT2D eigenvalue weighted by molar-refractivity contribution is -0.0268. The lowest BCUT2D eigenvalue weighted by atomic mass is 9.99. The van der Waals surface area contributed by atoms with Gasteiger partial charge < -0.3 is 4.74 Å². The van der Waals surface area contributed by atoms with E-state index < -0.39 is 0 Å². The lowest BCUT2D eigenvalue weighted by Crippen LogP contribution is -2.46. The molecule has 0 radical (unpaired) electrons. The molecule has 1 aromatic heterocycles. The number of hydrogen-bond donors (Lipinski definition) is 0.